The van der Waals surface area contributed by atoms with Crippen molar-refractivity contribution in [2.75, 3.05) is 13.1 Å². The van der Waals surface area contributed by atoms with E-state index in [4.69, 9.17) is 9.26 Å². The first-order valence-corrected chi connectivity index (χ1v) is 8.15. The third-order valence-electron chi connectivity index (χ3n) is 4.15. The highest BCUT2D eigenvalue weighted by molar-refractivity contribution is 5.96. The topological polar surface area (TPSA) is 81.4 Å². The van der Waals surface area contributed by atoms with Crippen LogP contribution in [0.1, 0.15) is 46.0 Å². The van der Waals surface area contributed by atoms with Crippen molar-refractivity contribution in [3.63, 3.8) is 0 Å². The van der Waals surface area contributed by atoms with Crippen LogP contribution in [0, 0.1) is 27.7 Å². The molecule has 0 saturated carbocycles. The van der Waals surface area contributed by atoms with Crippen LogP contribution in [0.5, 0.6) is 6.01 Å². The maximum atomic E-state index is 12.7. The third-order valence-corrected chi connectivity index (χ3v) is 4.15. The van der Waals surface area contributed by atoms with Crippen LogP contribution in [-0.2, 0) is 0 Å². The number of carbonyl (C=O) groups excluding carboxylic acids is 1. The van der Waals surface area contributed by atoms with Crippen molar-refractivity contribution >= 4 is 5.91 Å². The molecule has 1 atom stereocenters. The fourth-order valence-corrected chi connectivity index (χ4v) is 3.06. The fraction of sp³-hybridized carbons (Fsp3) is 0.529. The van der Waals surface area contributed by atoms with Gasteiger partial charge in [0.1, 0.15) is 17.4 Å². The van der Waals surface area contributed by atoms with Gasteiger partial charge in [-0.3, -0.25) is 4.79 Å². The summed E-state index contributed by atoms with van der Waals surface area (Å²) in [5.41, 5.74) is 2.92. The standard InChI is InChI=1S/C17H22N4O3/c1-10-8-11(2)19-17(18-10)23-14-6-5-7-21(9-14)16(22)15-12(3)20-24-13(15)4/h8,14H,5-7,9H2,1-4H3. The zero-order valence-corrected chi connectivity index (χ0v) is 14.5. The Labute approximate surface area is 141 Å². The van der Waals surface area contributed by atoms with E-state index in [2.05, 4.69) is 15.1 Å². The monoisotopic (exact) mass is 330 g/mol. The molecule has 1 fully saturated rings. The van der Waals surface area contributed by atoms with Gasteiger partial charge >= 0.3 is 6.01 Å². The number of piperidine rings is 1. The van der Waals surface area contributed by atoms with Crippen LogP contribution in [0.2, 0.25) is 0 Å². The van der Waals surface area contributed by atoms with Gasteiger partial charge in [-0.2, -0.15) is 0 Å². The van der Waals surface area contributed by atoms with Crippen LogP contribution < -0.4 is 4.74 Å². The van der Waals surface area contributed by atoms with Gasteiger partial charge in [0.25, 0.3) is 5.91 Å². The van der Waals surface area contributed by atoms with Crippen molar-refractivity contribution in [3.8, 4) is 6.01 Å². The fourth-order valence-electron chi connectivity index (χ4n) is 3.06. The highest BCUT2D eigenvalue weighted by Crippen LogP contribution is 2.21. The van der Waals surface area contributed by atoms with E-state index in [1.165, 1.54) is 0 Å². The Morgan fingerprint density at radius 1 is 1.25 bits per heavy atom. The first-order valence-electron chi connectivity index (χ1n) is 8.15. The van der Waals surface area contributed by atoms with E-state index >= 15 is 0 Å². The van der Waals surface area contributed by atoms with Gasteiger partial charge in [-0.1, -0.05) is 5.16 Å². The molecule has 7 heteroatoms. The van der Waals surface area contributed by atoms with Gasteiger partial charge in [0.05, 0.1) is 12.2 Å². The zero-order valence-electron chi connectivity index (χ0n) is 14.5. The lowest BCUT2D eigenvalue weighted by Gasteiger charge is -2.32. The molecule has 1 amide bonds. The molecule has 7 nitrogen and oxygen atoms in total. The van der Waals surface area contributed by atoms with Crippen molar-refractivity contribution in [2.45, 2.75) is 46.6 Å². The quantitative estimate of drug-likeness (QED) is 0.859. The number of aryl methyl sites for hydroxylation is 4. The summed E-state index contributed by atoms with van der Waals surface area (Å²) in [6.07, 6.45) is 1.65. The Bertz CT molecular complexity index is 717. The second-order valence-corrected chi connectivity index (χ2v) is 6.27. The summed E-state index contributed by atoms with van der Waals surface area (Å²) in [5.74, 6) is 0.499. The molecule has 1 aliphatic heterocycles. The number of rotatable bonds is 3. The van der Waals surface area contributed by atoms with Crippen LogP contribution in [0.3, 0.4) is 0 Å². The minimum absolute atomic E-state index is 0.0547. The van der Waals surface area contributed by atoms with E-state index in [0.29, 0.717) is 36.1 Å². The molecule has 3 rings (SSSR count). The van der Waals surface area contributed by atoms with E-state index in [9.17, 15) is 4.79 Å². The van der Waals surface area contributed by atoms with Gasteiger partial charge in [0.15, 0.2) is 0 Å². The van der Waals surface area contributed by atoms with Crippen LogP contribution in [0.15, 0.2) is 10.6 Å². The smallest absolute Gasteiger partial charge is 0.317 e. The van der Waals surface area contributed by atoms with Crippen molar-refractivity contribution in [3.05, 3.63) is 34.5 Å². The van der Waals surface area contributed by atoms with Gasteiger partial charge in [0.2, 0.25) is 0 Å². The van der Waals surface area contributed by atoms with E-state index in [1.54, 1.807) is 18.7 Å². The van der Waals surface area contributed by atoms with Crippen LogP contribution in [-0.4, -0.2) is 45.1 Å². The summed E-state index contributed by atoms with van der Waals surface area (Å²) in [7, 11) is 0. The Hall–Kier alpha value is -2.44. The molecule has 0 aliphatic carbocycles. The van der Waals surface area contributed by atoms with Crippen molar-refractivity contribution in [2.24, 2.45) is 0 Å². The lowest BCUT2D eigenvalue weighted by atomic mass is 10.1. The van der Waals surface area contributed by atoms with Gasteiger partial charge < -0.3 is 14.2 Å². The van der Waals surface area contributed by atoms with Gasteiger partial charge in [-0.25, -0.2) is 9.97 Å². The molecule has 2 aromatic rings. The van der Waals surface area contributed by atoms with E-state index in [-0.39, 0.29) is 12.0 Å². The highest BCUT2D eigenvalue weighted by atomic mass is 16.5. The predicted octanol–water partition coefficient (Wildman–Crippen LogP) is 2.38. The van der Waals surface area contributed by atoms with Gasteiger partial charge in [0, 0.05) is 17.9 Å². The summed E-state index contributed by atoms with van der Waals surface area (Å²) in [6, 6.07) is 2.28. The predicted molar refractivity (Wildman–Crippen MR) is 87.0 cm³/mol. The number of nitrogens with zero attached hydrogens (tertiary/aromatic N) is 4. The molecule has 3 heterocycles. The molecule has 0 bridgehead atoms. The van der Waals surface area contributed by atoms with E-state index < -0.39 is 0 Å². The number of ether oxygens (including phenoxy) is 1. The summed E-state index contributed by atoms with van der Waals surface area (Å²) in [4.78, 5) is 23.2. The van der Waals surface area contributed by atoms with E-state index in [0.717, 1.165) is 24.2 Å². The SMILES string of the molecule is Cc1cc(C)nc(OC2CCCN(C(=O)c3c(C)noc3C)C2)n1. The number of likely N-dealkylation sites (tertiary alicyclic amines) is 1. The molecule has 128 valence electrons. The minimum Gasteiger partial charge on any atom is -0.458 e. The molecule has 1 aliphatic rings. The third kappa shape index (κ3) is 3.39. The molecule has 24 heavy (non-hydrogen) atoms. The summed E-state index contributed by atoms with van der Waals surface area (Å²) in [5, 5.41) is 3.86. The van der Waals surface area contributed by atoms with E-state index in [1.807, 2.05) is 19.9 Å². The average molecular weight is 330 g/mol. The number of hydrogen-bond donors (Lipinski definition) is 0. The first kappa shape index (κ1) is 16.4. The largest absolute Gasteiger partial charge is 0.458 e. The molecule has 0 spiro atoms. The van der Waals surface area contributed by atoms with Gasteiger partial charge in [-0.15, -0.1) is 0 Å². The number of carbonyl (C=O) groups is 1. The number of amides is 1. The summed E-state index contributed by atoms with van der Waals surface area (Å²) < 4.78 is 11.0. The zero-order chi connectivity index (χ0) is 17.3. The Morgan fingerprint density at radius 2 is 1.96 bits per heavy atom. The summed E-state index contributed by atoms with van der Waals surface area (Å²) in [6.45, 7) is 8.58. The van der Waals surface area contributed by atoms with Crippen LogP contribution >= 0.6 is 0 Å². The maximum absolute atomic E-state index is 12.7. The van der Waals surface area contributed by atoms with Crippen LogP contribution in [0.4, 0.5) is 0 Å². The Kier molecular flexibility index (Phi) is 4.51. The molecule has 0 N–H and O–H groups in total. The lowest BCUT2D eigenvalue weighted by Crippen LogP contribution is -2.44. The number of hydrogen-bond acceptors (Lipinski definition) is 6. The van der Waals surface area contributed by atoms with Crippen molar-refractivity contribution < 1.29 is 14.1 Å². The Balaban J connectivity index is 1.71. The maximum Gasteiger partial charge on any atom is 0.317 e. The van der Waals surface area contributed by atoms with Crippen LogP contribution in [0.25, 0.3) is 0 Å². The Morgan fingerprint density at radius 3 is 2.58 bits per heavy atom. The molecule has 0 radical (unpaired) electrons. The molecule has 1 unspecified atom stereocenters. The average Bonchev–Trinajstić information content (AvgIpc) is 2.85. The lowest BCUT2D eigenvalue weighted by molar-refractivity contribution is 0.0513. The molecule has 1 saturated heterocycles. The second-order valence-electron chi connectivity index (χ2n) is 6.27. The molecular weight excluding hydrogens is 308 g/mol. The second kappa shape index (κ2) is 6.59. The molecular formula is C17H22N4O3. The van der Waals surface area contributed by atoms with Crippen molar-refractivity contribution in [1.29, 1.82) is 0 Å². The van der Waals surface area contributed by atoms with Crippen molar-refractivity contribution in [1.82, 2.24) is 20.0 Å². The molecule has 2 aromatic heterocycles. The first-order chi connectivity index (χ1) is 11.4. The minimum atomic E-state index is -0.107. The van der Waals surface area contributed by atoms with Gasteiger partial charge in [-0.05, 0) is 46.6 Å². The number of aromatic nitrogens is 3. The highest BCUT2D eigenvalue weighted by Gasteiger charge is 2.29. The summed E-state index contributed by atoms with van der Waals surface area (Å²) >= 11 is 0. The normalized spacial score (nSPS) is 17.8. The molecule has 0 aromatic carbocycles.